The maximum absolute atomic E-state index is 5.72. The molecule has 3 heteroatoms. The van der Waals surface area contributed by atoms with Crippen LogP contribution in [0.3, 0.4) is 0 Å². The second kappa shape index (κ2) is 5.06. The summed E-state index contributed by atoms with van der Waals surface area (Å²) in [5.74, 6) is 2.13. The normalized spacial score (nSPS) is 31.2. The van der Waals surface area contributed by atoms with E-state index in [-0.39, 0.29) is 0 Å². The summed E-state index contributed by atoms with van der Waals surface area (Å²) in [6.45, 7) is 6.36. The first-order valence-corrected chi connectivity index (χ1v) is 7.30. The molecule has 0 saturated carbocycles. The summed E-state index contributed by atoms with van der Waals surface area (Å²) in [7, 11) is 0. The lowest BCUT2D eigenvalue weighted by atomic mass is 9.98. The molecule has 0 aromatic carbocycles. The third kappa shape index (κ3) is 2.47. The van der Waals surface area contributed by atoms with Crippen molar-refractivity contribution < 1.29 is 4.42 Å². The van der Waals surface area contributed by atoms with Gasteiger partial charge in [0.15, 0.2) is 0 Å². The van der Waals surface area contributed by atoms with Crippen molar-refractivity contribution in [1.29, 1.82) is 0 Å². The molecule has 2 aliphatic rings. The van der Waals surface area contributed by atoms with Gasteiger partial charge in [-0.05, 0) is 51.3 Å². The number of furan rings is 1. The monoisotopic (exact) mass is 248 g/mol. The second-order valence-corrected chi connectivity index (χ2v) is 5.84. The zero-order valence-electron chi connectivity index (χ0n) is 11.5. The Morgan fingerprint density at radius 3 is 2.56 bits per heavy atom. The Hall–Kier alpha value is -0.800. The van der Waals surface area contributed by atoms with Gasteiger partial charge >= 0.3 is 0 Å². The van der Waals surface area contributed by atoms with Crippen molar-refractivity contribution in [3.05, 3.63) is 23.7 Å². The van der Waals surface area contributed by atoms with Gasteiger partial charge in [0.25, 0.3) is 0 Å². The van der Waals surface area contributed by atoms with E-state index in [9.17, 15) is 0 Å². The molecule has 2 aliphatic heterocycles. The van der Waals surface area contributed by atoms with Crippen LogP contribution in [0.15, 0.2) is 16.5 Å². The summed E-state index contributed by atoms with van der Waals surface area (Å²) in [6, 6.07) is 6.45. The highest BCUT2D eigenvalue weighted by atomic mass is 16.3. The lowest BCUT2D eigenvalue weighted by Gasteiger charge is -2.36. The fourth-order valence-corrected chi connectivity index (χ4v) is 3.59. The number of hydrogen-bond donors (Lipinski definition) is 1. The summed E-state index contributed by atoms with van der Waals surface area (Å²) in [6.07, 6.45) is 5.37. The standard InChI is InChI=1S/C15H24N2O/c1-3-17(10-15-7-4-11(2)18-15)14-8-12-5-6-13(9-14)16-12/h4,7,12-14,16H,3,5-6,8-10H2,1-2H3. The first-order chi connectivity index (χ1) is 8.74. The first-order valence-electron chi connectivity index (χ1n) is 7.30. The maximum atomic E-state index is 5.72. The minimum atomic E-state index is 0.735. The molecule has 1 aromatic heterocycles. The number of nitrogens with zero attached hydrogens (tertiary/aromatic N) is 1. The van der Waals surface area contributed by atoms with Gasteiger partial charge in [0.05, 0.1) is 6.54 Å². The molecule has 3 rings (SSSR count). The van der Waals surface area contributed by atoms with E-state index in [1.807, 2.05) is 6.92 Å². The second-order valence-electron chi connectivity index (χ2n) is 5.84. The van der Waals surface area contributed by atoms with Crippen LogP contribution in [-0.4, -0.2) is 29.6 Å². The van der Waals surface area contributed by atoms with Crippen molar-refractivity contribution in [2.75, 3.05) is 6.54 Å². The molecule has 2 saturated heterocycles. The average Bonchev–Trinajstić information content (AvgIpc) is 2.92. The summed E-state index contributed by atoms with van der Waals surface area (Å²) >= 11 is 0. The van der Waals surface area contributed by atoms with Crippen molar-refractivity contribution in [2.24, 2.45) is 0 Å². The highest BCUT2D eigenvalue weighted by Gasteiger charge is 2.35. The van der Waals surface area contributed by atoms with Crippen LogP contribution in [0.1, 0.15) is 44.1 Å². The third-order valence-corrected chi connectivity index (χ3v) is 4.53. The van der Waals surface area contributed by atoms with Gasteiger partial charge in [-0.2, -0.15) is 0 Å². The topological polar surface area (TPSA) is 28.4 Å². The number of piperidine rings is 1. The molecule has 2 fully saturated rings. The minimum Gasteiger partial charge on any atom is -0.465 e. The number of fused-ring (bicyclic) bond motifs is 2. The molecule has 1 aromatic rings. The lowest BCUT2D eigenvalue weighted by Crippen LogP contribution is -2.47. The number of nitrogens with one attached hydrogen (secondary N) is 1. The molecule has 2 unspecified atom stereocenters. The number of hydrogen-bond acceptors (Lipinski definition) is 3. The van der Waals surface area contributed by atoms with E-state index in [0.29, 0.717) is 0 Å². The van der Waals surface area contributed by atoms with Gasteiger partial charge in [-0.15, -0.1) is 0 Å². The van der Waals surface area contributed by atoms with Crippen LogP contribution in [0.2, 0.25) is 0 Å². The van der Waals surface area contributed by atoms with E-state index in [1.54, 1.807) is 0 Å². The zero-order valence-corrected chi connectivity index (χ0v) is 11.5. The minimum absolute atomic E-state index is 0.735. The van der Waals surface area contributed by atoms with Crippen LogP contribution < -0.4 is 5.32 Å². The quantitative estimate of drug-likeness (QED) is 0.888. The van der Waals surface area contributed by atoms with Gasteiger partial charge in [0.1, 0.15) is 11.5 Å². The van der Waals surface area contributed by atoms with E-state index in [0.717, 1.165) is 42.7 Å². The molecule has 0 radical (unpaired) electrons. The van der Waals surface area contributed by atoms with E-state index in [2.05, 4.69) is 29.3 Å². The lowest BCUT2D eigenvalue weighted by molar-refractivity contribution is 0.131. The van der Waals surface area contributed by atoms with Crippen LogP contribution in [0.5, 0.6) is 0 Å². The van der Waals surface area contributed by atoms with Gasteiger partial charge in [0.2, 0.25) is 0 Å². The fourth-order valence-electron chi connectivity index (χ4n) is 3.59. The van der Waals surface area contributed by atoms with Gasteiger partial charge in [0, 0.05) is 18.1 Å². The van der Waals surface area contributed by atoms with E-state index < -0.39 is 0 Å². The van der Waals surface area contributed by atoms with Crippen molar-refractivity contribution >= 4 is 0 Å². The molecule has 3 nitrogen and oxygen atoms in total. The average molecular weight is 248 g/mol. The van der Waals surface area contributed by atoms with Gasteiger partial charge in [-0.3, -0.25) is 4.90 Å². The molecule has 3 heterocycles. The predicted molar refractivity (Wildman–Crippen MR) is 72.5 cm³/mol. The molecule has 0 aliphatic carbocycles. The zero-order chi connectivity index (χ0) is 12.5. The molecule has 18 heavy (non-hydrogen) atoms. The molecule has 2 atom stereocenters. The van der Waals surface area contributed by atoms with Gasteiger partial charge in [-0.25, -0.2) is 0 Å². The number of aryl methyl sites for hydroxylation is 1. The number of rotatable bonds is 4. The Morgan fingerprint density at radius 1 is 1.28 bits per heavy atom. The molecule has 100 valence electrons. The summed E-state index contributed by atoms with van der Waals surface area (Å²) in [5.41, 5.74) is 0. The Morgan fingerprint density at radius 2 is 2.00 bits per heavy atom. The predicted octanol–water partition coefficient (Wildman–Crippen LogP) is 2.69. The maximum Gasteiger partial charge on any atom is 0.118 e. The molecule has 1 N–H and O–H groups in total. The van der Waals surface area contributed by atoms with Crippen molar-refractivity contribution in [1.82, 2.24) is 10.2 Å². The Bertz CT molecular complexity index is 389. The molecule has 2 bridgehead atoms. The Kier molecular flexibility index (Phi) is 3.44. The van der Waals surface area contributed by atoms with Crippen molar-refractivity contribution in [3.8, 4) is 0 Å². The smallest absolute Gasteiger partial charge is 0.118 e. The van der Waals surface area contributed by atoms with Crippen molar-refractivity contribution in [3.63, 3.8) is 0 Å². The SMILES string of the molecule is CCN(Cc1ccc(C)o1)C1CC2CCC(C1)N2. The molecular weight excluding hydrogens is 224 g/mol. The van der Waals surface area contributed by atoms with Crippen molar-refractivity contribution in [2.45, 2.75) is 64.2 Å². The van der Waals surface area contributed by atoms with Gasteiger partial charge < -0.3 is 9.73 Å². The van der Waals surface area contributed by atoms with Crippen LogP contribution in [-0.2, 0) is 6.54 Å². The molecule has 0 amide bonds. The van der Waals surface area contributed by atoms with E-state index >= 15 is 0 Å². The fraction of sp³-hybridized carbons (Fsp3) is 0.733. The van der Waals surface area contributed by atoms with E-state index in [4.69, 9.17) is 4.42 Å². The first kappa shape index (κ1) is 12.2. The molecule has 0 spiro atoms. The third-order valence-electron chi connectivity index (χ3n) is 4.53. The van der Waals surface area contributed by atoms with Crippen LogP contribution >= 0.6 is 0 Å². The van der Waals surface area contributed by atoms with Gasteiger partial charge in [-0.1, -0.05) is 6.92 Å². The summed E-state index contributed by atoms with van der Waals surface area (Å²) in [5, 5.41) is 3.72. The largest absolute Gasteiger partial charge is 0.465 e. The summed E-state index contributed by atoms with van der Waals surface area (Å²) < 4.78 is 5.72. The van der Waals surface area contributed by atoms with Crippen LogP contribution in [0.25, 0.3) is 0 Å². The highest BCUT2D eigenvalue weighted by Crippen LogP contribution is 2.30. The Labute approximate surface area is 110 Å². The van der Waals surface area contributed by atoms with E-state index in [1.165, 1.54) is 25.7 Å². The highest BCUT2D eigenvalue weighted by molar-refractivity contribution is 5.06. The summed E-state index contributed by atoms with van der Waals surface area (Å²) in [4.78, 5) is 2.59. The Balaban J connectivity index is 1.65. The van der Waals surface area contributed by atoms with Crippen LogP contribution in [0.4, 0.5) is 0 Å². The molecular formula is C15H24N2O. The van der Waals surface area contributed by atoms with Crippen LogP contribution in [0, 0.1) is 6.92 Å².